The van der Waals surface area contributed by atoms with Gasteiger partial charge in [-0.3, -0.25) is 0 Å². The van der Waals surface area contributed by atoms with Crippen LogP contribution in [0.4, 0.5) is 16.2 Å². The van der Waals surface area contributed by atoms with Gasteiger partial charge in [0.2, 0.25) is 0 Å². The maximum atomic E-state index is 12.1. The Morgan fingerprint density at radius 1 is 0.760 bits per heavy atom. The largest absolute Gasteiger partial charge is 0.465 e. The number of benzene rings is 2. The molecule has 2 aromatic carbocycles. The van der Waals surface area contributed by atoms with Crippen molar-refractivity contribution in [1.82, 2.24) is 0 Å². The fraction of sp³-hybridized carbons (Fsp3) is 0.167. The highest BCUT2D eigenvalue weighted by atomic mass is 16.5. The number of carbonyl (C=O) groups excluding carboxylic acids is 3. The van der Waals surface area contributed by atoms with Gasteiger partial charge in [-0.05, 0) is 37.3 Å². The average Bonchev–Trinajstić information content (AvgIpc) is 2.61. The summed E-state index contributed by atoms with van der Waals surface area (Å²) in [5.41, 5.74) is 2.18. The first-order chi connectivity index (χ1) is 11.9. The van der Waals surface area contributed by atoms with E-state index in [0.717, 1.165) is 5.56 Å². The second kappa shape index (κ2) is 7.96. The van der Waals surface area contributed by atoms with Gasteiger partial charge in [0.15, 0.2) is 0 Å². The molecule has 0 atom stereocenters. The first kappa shape index (κ1) is 18.0. The van der Waals surface area contributed by atoms with E-state index in [4.69, 9.17) is 0 Å². The van der Waals surface area contributed by atoms with Crippen LogP contribution in [0.15, 0.2) is 42.5 Å². The zero-order valence-electron chi connectivity index (χ0n) is 14.1. The number of amides is 2. The molecule has 2 amide bonds. The van der Waals surface area contributed by atoms with E-state index in [-0.39, 0.29) is 16.8 Å². The summed E-state index contributed by atoms with van der Waals surface area (Å²) in [6, 6.07) is 10.9. The zero-order valence-corrected chi connectivity index (χ0v) is 14.1. The monoisotopic (exact) mass is 342 g/mol. The summed E-state index contributed by atoms with van der Waals surface area (Å²) in [5.74, 6) is -1.26. The normalized spacial score (nSPS) is 9.88. The number of hydrogen-bond donors (Lipinski definition) is 2. The predicted molar refractivity (Wildman–Crippen MR) is 92.9 cm³/mol. The number of hydrogen-bond acceptors (Lipinski definition) is 5. The third-order valence-electron chi connectivity index (χ3n) is 3.34. The van der Waals surface area contributed by atoms with Crippen molar-refractivity contribution in [3.63, 3.8) is 0 Å². The summed E-state index contributed by atoms with van der Waals surface area (Å²) >= 11 is 0. The van der Waals surface area contributed by atoms with E-state index in [1.807, 2.05) is 19.1 Å². The predicted octanol–water partition coefficient (Wildman–Crippen LogP) is 3.21. The zero-order chi connectivity index (χ0) is 18.4. The number of methoxy groups -OCH3 is 2. The maximum Gasteiger partial charge on any atom is 0.337 e. The van der Waals surface area contributed by atoms with E-state index >= 15 is 0 Å². The number of nitrogens with one attached hydrogen (secondary N) is 2. The first-order valence-electron chi connectivity index (χ1n) is 7.39. The Kier molecular flexibility index (Phi) is 5.73. The van der Waals surface area contributed by atoms with Crippen LogP contribution in [-0.4, -0.2) is 32.2 Å². The molecule has 2 N–H and O–H groups in total. The molecule has 0 bridgehead atoms. The molecule has 0 saturated carbocycles. The lowest BCUT2D eigenvalue weighted by Gasteiger charge is -2.11. The average molecular weight is 342 g/mol. The third-order valence-corrected chi connectivity index (χ3v) is 3.34. The number of rotatable bonds is 4. The van der Waals surface area contributed by atoms with Crippen LogP contribution < -0.4 is 10.6 Å². The molecule has 0 unspecified atom stereocenters. The Morgan fingerprint density at radius 2 is 1.24 bits per heavy atom. The molecule has 130 valence electrons. The van der Waals surface area contributed by atoms with Crippen molar-refractivity contribution < 1.29 is 23.9 Å². The van der Waals surface area contributed by atoms with Crippen LogP contribution in [0.2, 0.25) is 0 Å². The Labute approximate surface area is 144 Å². The highest BCUT2D eigenvalue weighted by Crippen LogP contribution is 2.18. The molecule has 0 fully saturated rings. The Morgan fingerprint density at radius 3 is 1.72 bits per heavy atom. The van der Waals surface area contributed by atoms with Gasteiger partial charge in [-0.25, -0.2) is 14.4 Å². The van der Waals surface area contributed by atoms with Gasteiger partial charge in [0, 0.05) is 11.4 Å². The van der Waals surface area contributed by atoms with E-state index in [1.54, 1.807) is 12.1 Å². The molecule has 0 aliphatic heterocycles. The van der Waals surface area contributed by atoms with E-state index < -0.39 is 18.0 Å². The topological polar surface area (TPSA) is 93.7 Å². The SMILES string of the molecule is COC(=O)c1cc(NC(=O)Nc2ccc(C)cc2)cc(C(=O)OC)c1. The van der Waals surface area contributed by atoms with Gasteiger partial charge in [0.25, 0.3) is 0 Å². The fourth-order valence-corrected chi connectivity index (χ4v) is 2.10. The fourth-order valence-electron chi connectivity index (χ4n) is 2.10. The van der Waals surface area contributed by atoms with Gasteiger partial charge >= 0.3 is 18.0 Å². The van der Waals surface area contributed by atoms with Crippen molar-refractivity contribution >= 4 is 29.3 Å². The molecule has 2 aromatic rings. The Hall–Kier alpha value is -3.35. The summed E-state index contributed by atoms with van der Waals surface area (Å²) < 4.78 is 9.30. The van der Waals surface area contributed by atoms with E-state index in [0.29, 0.717) is 5.69 Å². The molecule has 0 radical (unpaired) electrons. The molecule has 7 heteroatoms. The lowest BCUT2D eigenvalue weighted by atomic mass is 10.1. The third kappa shape index (κ3) is 4.81. The van der Waals surface area contributed by atoms with Crippen LogP contribution in [0.5, 0.6) is 0 Å². The van der Waals surface area contributed by atoms with Gasteiger partial charge in [0.05, 0.1) is 25.3 Å². The lowest BCUT2D eigenvalue weighted by molar-refractivity contribution is 0.0599. The standard InChI is InChI=1S/C18H18N2O5/c1-11-4-6-14(7-5-11)19-18(23)20-15-9-12(16(21)24-2)8-13(10-15)17(22)25-3/h4-10H,1-3H3,(H2,19,20,23). The maximum absolute atomic E-state index is 12.1. The Bertz CT molecular complexity index is 765. The van der Waals surface area contributed by atoms with Crippen molar-refractivity contribution in [3.8, 4) is 0 Å². The molecule has 0 aromatic heterocycles. The summed E-state index contributed by atoms with van der Waals surface area (Å²) in [5, 5.41) is 5.24. The van der Waals surface area contributed by atoms with Gasteiger partial charge in [-0.2, -0.15) is 0 Å². The van der Waals surface area contributed by atoms with Crippen molar-refractivity contribution in [2.24, 2.45) is 0 Å². The quantitative estimate of drug-likeness (QED) is 0.832. The lowest BCUT2D eigenvalue weighted by Crippen LogP contribution is -2.20. The highest BCUT2D eigenvalue weighted by molar-refractivity contribution is 6.02. The molecule has 7 nitrogen and oxygen atoms in total. The molecule has 0 aliphatic rings. The van der Waals surface area contributed by atoms with Crippen LogP contribution in [0.25, 0.3) is 0 Å². The summed E-state index contributed by atoms with van der Waals surface area (Å²) in [6.07, 6.45) is 0. The second-order valence-electron chi connectivity index (χ2n) is 5.23. The van der Waals surface area contributed by atoms with Crippen molar-refractivity contribution in [1.29, 1.82) is 0 Å². The van der Waals surface area contributed by atoms with E-state index in [1.165, 1.54) is 32.4 Å². The van der Waals surface area contributed by atoms with Gasteiger partial charge < -0.3 is 20.1 Å². The van der Waals surface area contributed by atoms with E-state index in [2.05, 4.69) is 20.1 Å². The minimum absolute atomic E-state index is 0.121. The first-order valence-corrected chi connectivity index (χ1v) is 7.39. The van der Waals surface area contributed by atoms with Crippen LogP contribution in [0.3, 0.4) is 0 Å². The second-order valence-corrected chi connectivity index (χ2v) is 5.23. The van der Waals surface area contributed by atoms with Crippen LogP contribution in [-0.2, 0) is 9.47 Å². The summed E-state index contributed by atoms with van der Waals surface area (Å²) in [6.45, 7) is 1.94. The van der Waals surface area contributed by atoms with Crippen molar-refractivity contribution in [2.45, 2.75) is 6.92 Å². The minimum atomic E-state index is -0.632. The molecule has 25 heavy (non-hydrogen) atoms. The van der Waals surface area contributed by atoms with Crippen LogP contribution in [0, 0.1) is 6.92 Å². The van der Waals surface area contributed by atoms with E-state index in [9.17, 15) is 14.4 Å². The number of ether oxygens (including phenoxy) is 2. The highest BCUT2D eigenvalue weighted by Gasteiger charge is 2.15. The van der Waals surface area contributed by atoms with Gasteiger partial charge in [-0.1, -0.05) is 17.7 Å². The molecular weight excluding hydrogens is 324 g/mol. The molecule has 0 heterocycles. The van der Waals surface area contributed by atoms with Crippen LogP contribution in [0.1, 0.15) is 26.3 Å². The van der Waals surface area contributed by atoms with Gasteiger partial charge in [-0.15, -0.1) is 0 Å². The smallest absolute Gasteiger partial charge is 0.337 e. The van der Waals surface area contributed by atoms with Crippen LogP contribution >= 0.6 is 0 Å². The van der Waals surface area contributed by atoms with Crippen molar-refractivity contribution in [3.05, 3.63) is 59.2 Å². The minimum Gasteiger partial charge on any atom is -0.465 e. The Balaban J connectivity index is 2.21. The molecule has 2 rings (SSSR count). The summed E-state index contributed by atoms with van der Waals surface area (Å²) in [4.78, 5) is 35.6. The summed E-state index contributed by atoms with van der Waals surface area (Å²) in [7, 11) is 2.45. The molecular formula is C18H18N2O5. The van der Waals surface area contributed by atoms with Crippen molar-refractivity contribution in [2.75, 3.05) is 24.9 Å². The molecule has 0 saturated heterocycles. The van der Waals surface area contributed by atoms with Gasteiger partial charge in [0.1, 0.15) is 0 Å². The molecule has 0 aliphatic carbocycles. The molecule has 0 spiro atoms. The number of anilines is 2. The number of esters is 2. The number of urea groups is 1. The number of aryl methyl sites for hydroxylation is 1. The number of carbonyl (C=O) groups is 3.